The second kappa shape index (κ2) is 9.45. The maximum atomic E-state index is 12.4. The molecular formula is C18H15Cl3N4O2S. The van der Waals surface area contributed by atoms with Gasteiger partial charge in [-0.1, -0.05) is 23.2 Å². The number of amides is 1. The van der Waals surface area contributed by atoms with Crippen LogP contribution >= 0.6 is 47.4 Å². The minimum Gasteiger partial charge on any atom is -0.289 e. The van der Waals surface area contributed by atoms with E-state index in [0.717, 1.165) is 4.90 Å². The molecule has 6 nitrogen and oxygen atoms in total. The van der Waals surface area contributed by atoms with Gasteiger partial charge < -0.3 is 0 Å². The van der Waals surface area contributed by atoms with Gasteiger partial charge >= 0.3 is 0 Å². The SMILES string of the molecule is CSc1ccc(-n2nc(C(=O)NN)c(=O)cc2-c2ccc(Cl)cc2Cl)cc1.Cl. The quantitative estimate of drug-likeness (QED) is 0.268. The molecule has 0 spiro atoms. The van der Waals surface area contributed by atoms with E-state index >= 15 is 0 Å². The molecule has 1 aromatic heterocycles. The molecule has 3 aromatic rings. The molecule has 0 aliphatic rings. The first-order valence-corrected chi connectivity index (χ1v) is 9.68. The summed E-state index contributed by atoms with van der Waals surface area (Å²) in [6, 6.07) is 13.7. The standard InChI is InChI=1S/C18H14Cl2N4O2S.ClH/c1-27-12-5-3-11(4-6-12)24-15(13-7-2-10(19)8-14(13)20)9-16(25)17(23-24)18(26)22-21;/h2-9H,21H2,1H3,(H,22,26);1H. The number of hydrogen-bond donors (Lipinski definition) is 2. The van der Waals surface area contributed by atoms with Gasteiger partial charge in [-0.3, -0.25) is 15.0 Å². The van der Waals surface area contributed by atoms with E-state index in [1.54, 1.807) is 30.0 Å². The van der Waals surface area contributed by atoms with E-state index in [0.29, 0.717) is 27.0 Å². The second-order valence-corrected chi connectivity index (χ2v) is 7.17. The Morgan fingerprint density at radius 3 is 2.39 bits per heavy atom. The van der Waals surface area contributed by atoms with Crippen LogP contribution in [0.5, 0.6) is 0 Å². The van der Waals surface area contributed by atoms with Crippen molar-refractivity contribution in [1.82, 2.24) is 15.2 Å². The van der Waals surface area contributed by atoms with Crippen molar-refractivity contribution in [2.24, 2.45) is 5.84 Å². The lowest BCUT2D eigenvalue weighted by molar-refractivity contribution is 0.0946. The summed E-state index contributed by atoms with van der Waals surface area (Å²) >= 11 is 13.9. The summed E-state index contributed by atoms with van der Waals surface area (Å²) in [7, 11) is 0. The first-order chi connectivity index (χ1) is 12.9. The van der Waals surface area contributed by atoms with Crippen molar-refractivity contribution >= 4 is 53.3 Å². The number of halogens is 3. The van der Waals surface area contributed by atoms with Crippen LogP contribution in [0.25, 0.3) is 16.9 Å². The van der Waals surface area contributed by atoms with E-state index in [1.807, 2.05) is 35.9 Å². The zero-order chi connectivity index (χ0) is 19.6. The van der Waals surface area contributed by atoms with Gasteiger partial charge in [-0.05, 0) is 48.7 Å². The van der Waals surface area contributed by atoms with Gasteiger partial charge in [-0.2, -0.15) is 5.10 Å². The number of hydrogen-bond acceptors (Lipinski definition) is 5. The number of carbonyl (C=O) groups is 1. The first-order valence-electron chi connectivity index (χ1n) is 7.69. The molecule has 1 amide bonds. The number of thioether (sulfide) groups is 1. The fraction of sp³-hybridized carbons (Fsp3) is 0.0556. The molecular weight excluding hydrogens is 443 g/mol. The average Bonchev–Trinajstić information content (AvgIpc) is 2.67. The largest absolute Gasteiger partial charge is 0.289 e. The molecule has 0 aliphatic heterocycles. The van der Waals surface area contributed by atoms with Crippen LogP contribution in [0.2, 0.25) is 10.0 Å². The van der Waals surface area contributed by atoms with Gasteiger partial charge in [0, 0.05) is 21.5 Å². The smallest absolute Gasteiger partial charge is 0.289 e. The zero-order valence-corrected chi connectivity index (χ0v) is 17.6. The second-order valence-electron chi connectivity index (χ2n) is 5.45. The minimum absolute atomic E-state index is 0. The fourth-order valence-corrected chi connectivity index (χ4v) is 3.41. The molecule has 1 heterocycles. The lowest BCUT2D eigenvalue weighted by Crippen LogP contribution is -2.36. The van der Waals surface area contributed by atoms with Crippen molar-refractivity contribution in [3.8, 4) is 16.9 Å². The third kappa shape index (κ3) is 4.51. The molecule has 3 N–H and O–H groups in total. The van der Waals surface area contributed by atoms with Crippen molar-refractivity contribution in [3.63, 3.8) is 0 Å². The Bertz CT molecular complexity index is 1070. The van der Waals surface area contributed by atoms with Gasteiger partial charge in [0.15, 0.2) is 5.69 Å². The Labute approximate surface area is 181 Å². The summed E-state index contributed by atoms with van der Waals surface area (Å²) in [5, 5.41) is 5.04. The Morgan fingerprint density at radius 1 is 1.14 bits per heavy atom. The van der Waals surface area contributed by atoms with Gasteiger partial charge in [-0.25, -0.2) is 10.5 Å². The van der Waals surface area contributed by atoms with Crippen molar-refractivity contribution in [2.75, 3.05) is 6.26 Å². The maximum absolute atomic E-state index is 12.4. The van der Waals surface area contributed by atoms with Crippen LogP contribution in [0.3, 0.4) is 0 Å². The molecule has 0 fully saturated rings. The molecule has 28 heavy (non-hydrogen) atoms. The topological polar surface area (TPSA) is 90.0 Å². The van der Waals surface area contributed by atoms with Crippen LogP contribution in [-0.2, 0) is 0 Å². The number of carbonyl (C=O) groups excluding carboxylic acids is 1. The number of hydrazine groups is 1. The molecule has 146 valence electrons. The van der Waals surface area contributed by atoms with E-state index in [-0.39, 0.29) is 18.1 Å². The number of nitrogen functional groups attached to an aromatic ring is 1. The molecule has 0 aliphatic carbocycles. The van der Waals surface area contributed by atoms with Crippen molar-refractivity contribution < 1.29 is 4.79 Å². The molecule has 0 radical (unpaired) electrons. The Balaban J connectivity index is 0.00000280. The number of nitrogens with two attached hydrogens (primary N) is 1. The first kappa shape index (κ1) is 22.3. The Hall–Kier alpha value is -2.03. The van der Waals surface area contributed by atoms with Crippen LogP contribution < -0.4 is 16.7 Å². The van der Waals surface area contributed by atoms with Crippen LogP contribution in [-0.4, -0.2) is 21.9 Å². The third-order valence-electron chi connectivity index (χ3n) is 3.80. The van der Waals surface area contributed by atoms with E-state index in [4.69, 9.17) is 29.0 Å². The minimum atomic E-state index is -0.775. The molecule has 3 rings (SSSR count). The Kier molecular flexibility index (Phi) is 7.51. The predicted octanol–water partition coefficient (Wildman–Crippen LogP) is 3.95. The van der Waals surface area contributed by atoms with Crippen molar-refractivity contribution in [2.45, 2.75) is 4.90 Å². The van der Waals surface area contributed by atoms with Gasteiger partial charge in [-0.15, -0.1) is 24.2 Å². The fourth-order valence-electron chi connectivity index (χ4n) is 2.49. The van der Waals surface area contributed by atoms with Crippen molar-refractivity contribution in [1.29, 1.82) is 0 Å². The molecule has 0 unspecified atom stereocenters. The van der Waals surface area contributed by atoms with Gasteiger partial charge in [0.05, 0.1) is 16.4 Å². The van der Waals surface area contributed by atoms with E-state index in [9.17, 15) is 9.59 Å². The molecule has 0 saturated carbocycles. The van der Waals surface area contributed by atoms with Crippen LogP contribution in [0, 0.1) is 0 Å². The number of nitrogens with zero attached hydrogens (tertiary/aromatic N) is 2. The highest BCUT2D eigenvalue weighted by molar-refractivity contribution is 7.98. The highest BCUT2D eigenvalue weighted by Crippen LogP contribution is 2.31. The highest BCUT2D eigenvalue weighted by Gasteiger charge is 2.18. The highest BCUT2D eigenvalue weighted by atomic mass is 35.5. The summed E-state index contributed by atoms with van der Waals surface area (Å²) in [5.41, 5.74) is 2.67. The summed E-state index contributed by atoms with van der Waals surface area (Å²) in [4.78, 5) is 25.4. The Morgan fingerprint density at radius 2 is 1.82 bits per heavy atom. The van der Waals surface area contributed by atoms with Crippen molar-refractivity contribution in [3.05, 3.63) is 74.5 Å². The normalized spacial score (nSPS) is 10.3. The number of aromatic nitrogens is 2. The molecule has 2 aromatic carbocycles. The number of rotatable bonds is 4. The molecule has 0 bridgehead atoms. The van der Waals surface area contributed by atoms with E-state index < -0.39 is 11.3 Å². The monoisotopic (exact) mass is 456 g/mol. The predicted molar refractivity (Wildman–Crippen MR) is 116 cm³/mol. The lowest BCUT2D eigenvalue weighted by Gasteiger charge is -2.15. The third-order valence-corrected chi connectivity index (χ3v) is 5.09. The van der Waals surface area contributed by atoms with Gasteiger partial charge in [0.1, 0.15) is 0 Å². The number of nitrogens with one attached hydrogen (secondary N) is 1. The average molecular weight is 458 g/mol. The van der Waals surface area contributed by atoms with E-state index in [2.05, 4.69) is 5.10 Å². The number of benzene rings is 2. The lowest BCUT2D eigenvalue weighted by atomic mass is 10.1. The van der Waals surface area contributed by atoms with Crippen LogP contribution in [0.1, 0.15) is 10.5 Å². The maximum Gasteiger partial charge on any atom is 0.289 e. The van der Waals surface area contributed by atoms with Gasteiger partial charge in [0.25, 0.3) is 5.91 Å². The summed E-state index contributed by atoms with van der Waals surface area (Å²) in [6.07, 6.45) is 1.97. The summed E-state index contributed by atoms with van der Waals surface area (Å²) < 4.78 is 1.48. The van der Waals surface area contributed by atoms with Gasteiger partial charge in [0.2, 0.25) is 5.43 Å². The molecule has 0 saturated heterocycles. The molecule has 0 atom stereocenters. The van der Waals surface area contributed by atoms with Crippen LogP contribution in [0.15, 0.2) is 58.2 Å². The summed E-state index contributed by atoms with van der Waals surface area (Å²) in [6.45, 7) is 0. The van der Waals surface area contributed by atoms with E-state index in [1.165, 1.54) is 10.7 Å². The van der Waals surface area contributed by atoms with Crippen LogP contribution in [0.4, 0.5) is 0 Å². The zero-order valence-electron chi connectivity index (χ0n) is 14.5. The molecule has 10 heteroatoms. The summed E-state index contributed by atoms with van der Waals surface area (Å²) in [5.74, 6) is 4.39.